The molecule has 0 aliphatic heterocycles. The van der Waals surface area contributed by atoms with Crippen LogP contribution in [0.4, 0.5) is 5.69 Å². The van der Waals surface area contributed by atoms with E-state index >= 15 is 0 Å². The zero-order chi connectivity index (χ0) is 14.9. The number of carbonyl (C=O) groups excluding carboxylic acids is 2. The van der Waals surface area contributed by atoms with Gasteiger partial charge in [-0.1, -0.05) is 30.3 Å². The fourth-order valence-electron chi connectivity index (χ4n) is 1.81. The van der Waals surface area contributed by atoms with Gasteiger partial charge in [-0.3, -0.25) is 14.6 Å². The molecule has 5 nitrogen and oxygen atoms in total. The standard InChI is InChI=1S/C16H17N3O2/c20-15(9-8-13-5-2-1-3-6-13)18-12-16(21)19-14-7-4-10-17-11-14/h1-7,10-11H,8-9,12H2,(H,18,20)(H,19,21). The van der Waals surface area contributed by atoms with Crippen LogP contribution in [0.5, 0.6) is 0 Å². The Balaban J connectivity index is 1.68. The van der Waals surface area contributed by atoms with Crippen LogP contribution in [-0.4, -0.2) is 23.3 Å². The fourth-order valence-corrected chi connectivity index (χ4v) is 1.81. The number of pyridine rings is 1. The Hall–Kier alpha value is -2.69. The van der Waals surface area contributed by atoms with Crippen LogP contribution in [0.25, 0.3) is 0 Å². The summed E-state index contributed by atoms with van der Waals surface area (Å²) in [4.78, 5) is 27.2. The zero-order valence-electron chi connectivity index (χ0n) is 11.6. The van der Waals surface area contributed by atoms with Gasteiger partial charge in [-0.15, -0.1) is 0 Å². The van der Waals surface area contributed by atoms with Gasteiger partial charge in [-0.2, -0.15) is 0 Å². The van der Waals surface area contributed by atoms with Gasteiger partial charge in [0, 0.05) is 12.6 Å². The molecule has 1 heterocycles. The Morgan fingerprint density at radius 3 is 2.52 bits per heavy atom. The molecule has 0 fully saturated rings. The van der Waals surface area contributed by atoms with Gasteiger partial charge in [-0.05, 0) is 24.1 Å². The molecule has 2 N–H and O–H groups in total. The molecule has 2 aromatic rings. The topological polar surface area (TPSA) is 71.1 Å². The lowest BCUT2D eigenvalue weighted by atomic mass is 10.1. The molecule has 0 radical (unpaired) electrons. The van der Waals surface area contributed by atoms with E-state index in [4.69, 9.17) is 0 Å². The number of hydrogen-bond donors (Lipinski definition) is 2. The molecule has 2 rings (SSSR count). The molecular formula is C16H17N3O2. The second-order valence-corrected chi connectivity index (χ2v) is 4.55. The van der Waals surface area contributed by atoms with Crippen molar-refractivity contribution in [1.29, 1.82) is 0 Å². The summed E-state index contributed by atoms with van der Waals surface area (Å²) in [6.45, 7) is -0.0392. The van der Waals surface area contributed by atoms with Crippen LogP contribution in [0.15, 0.2) is 54.9 Å². The summed E-state index contributed by atoms with van der Waals surface area (Å²) in [6, 6.07) is 13.2. The van der Waals surface area contributed by atoms with E-state index in [2.05, 4.69) is 15.6 Å². The number of anilines is 1. The SMILES string of the molecule is O=C(CCc1ccccc1)NCC(=O)Nc1cccnc1. The summed E-state index contributed by atoms with van der Waals surface area (Å²) < 4.78 is 0. The van der Waals surface area contributed by atoms with Crippen LogP contribution in [0.2, 0.25) is 0 Å². The van der Waals surface area contributed by atoms with Gasteiger partial charge in [0.25, 0.3) is 0 Å². The summed E-state index contributed by atoms with van der Waals surface area (Å²) in [5.41, 5.74) is 1.72. The molecule has 5 heteroatoms. The second kappa shape index (κ2) is 7.79. The minimum Gasteiger partial charge on any atom is -0.347 e. The highest BCUT2D eigenvalue weighted by atomic mass is 16.2. The Morgan fingerprint density at radius 1 is 1.00 bits per heavy atom. The van der Waals surface area contributed by atoms with E-state index in [-0.39, 0.29) is 18.4 Å². The van der Waals surface area contributed by atoms with Crippen LogP contribution in [0.1, 0.15) is 12.0 Å². The first-order valence-electron chi connectivity index (χ1n) is 6.74. The van der Waals surface area contributed by atoms with Crippen molar-refractivity contribution in [2.75, 3.05) is 11.9 Å². The maximum atomic E-state index is 11.7. The maximum Gasteiger partial charge on any atom is 0.243 e. The summed E-state index contributed by atoms with van der Waals surface area (Å²) in [7, 11) is 0. The van der Waals surface area contributed by atoms with Crippen LogP contribution in [-0.2, 0) is 16.0 Å². The third kappa shape index (κ3) is 5.44. The smallest absolute Gasteiger partial charge is 0.243 e. The van der Waals surface area contributed by atoms with Gasteiger partial charge in [-0.25, -0.2) is 0 Å². The molecule has 2 amide bonds. The number of carbonyl (C=O) groups is 2. The van der Waals surface area contributed by atoms with E-state index in [1.165, 1.54) is 0 Å². The maximum absolute atomic E-state index is 11.7. The molecule has 0 unspecified atom stereocenters. The normalized spacial score (nSPS) is 9.90. The highest BCUT2D eigenvalue weighted by molar-refractivity contribution is 5.94. The molecule has 21 heavy (non-hydrogen) atoms. The van der Waals surface area contributed by atoms with E-state index in [1.54, 1.807) is 24.5 Å². The Bertz CT molecular complexity index is 585. The van der Waals surface area contributed by atoms with Gasteiger partial charge < -0.3 is 10.6 Å². The predicted octanol–water partition coefficient (Wildman–Crippen LogP) is 1.77. The lowest BCUT2D eigenvalue weighted by Crippen LogP contribution is -2.32. The summed E-state index contributed by atoms with van der Waals surface area (Å²) in [6.07, 6.45) is 4.21. The first kappa shape index (κ1) is 14.7. The van der Waals surface area contributed by atoms with Crippen molar-refractivity contribution in [2.45, 2.75) is 12.8 Å². The number of benzene rings is 1. The molecule has 0 saturated heterocycles. The molecule has 108 valence electrons. The minimum atomic E-state index is -0.268. The molecule has 0 aliphatic rings. The van der Waals surface area contributed by atoms with Crippen LogP contribution in [0, 0.1) is 0 Å². The molecule has 1 aromatic heterocycles. The van der Waals surface area contributed by atoms with Crippen molar-refractivity contribution in [3.63, 3.8) is 0 Å². The first-order valence-corrected chi connectivity index (χ1v) is 6.74. The minimum absolute atomic E-state index is 0.0392. The number of aryl methyl sites for hydroxylation is 1. The van der Waals surface area contributed by atoms with Crippen molar-refractivity contribution in [1.82, 2.24) is 10.3 Å². The van der Waals surface area contributed by atoms with Crippen molar-refractivity contribution in [3.8, 4) is 0 Å². The average Bonchev–Trinajstić information content (AvgIpc) is 2.53. The predicted molar refractivity (Wildman–Crippen MR) is 80.6 cm³/mol. The van der Waals surface area contributed by atoms with E-state index in [9.17, 15) is 9.59 Å². The van der Waals surface area contributed by atoms with Crippen molar-refractivity contribution < 1.29 is 9.59 Å². The van der Waals surface area contributed by atoms with E-state index < -0.39 is 0 Å². The zero-order valence-corrected chi connectivity index (χ0v) is 11.6. The van der Waals surface area contributed by atoms with Gasteiger partial charge in [0.2, 0.25) is 11.8 Å². The highest BCUT2D eigenvalue weighted by Crippen LogP contribution is 2.03. The lowest BCUT2D eigenvalue weighted by Gasteiger charge is -2.06. The Morgan fingerprint density at radius 2 is 1.81 bits per heavy atom. The number of rotatable bonds is 6. The van der Waals surface area contributed by atoms with Crippen LogP contribution < -0.4 is 10.6 Å². The fraction of sp³-hybridized carbons (Fsp3) is 0.188. The summed E-state index contributed by atoms with van der Waals surface area (Å²) in [5.74, 6) is -0.406. The first-order chi connectivity index (χ1) is 10.2. The van der Waals surface area contributed by atoms with E-state index in [0.29, 0.717) is 18.5 Å². The second-order valence-electron chi connectivity index (χ2n) is 4.55. The molecule has 0 bridgehead atoms. The number of nitrogens with one attached hydrogen (secondary N) is 2. The summed E-state index contributed by atoms with van der Waals surface area (Å²) in [5, 5.41) is 5.26. The number of hydrogen-bond acceptors (Lipinski definition) is 3. The average molecular weight is 283 g/mol. The van der Waals surface area contributed by atoms with E-state index in [1.807, 2.05) is 30.3 Å². The van der Waals surface area contributed by atoms with Gasteiger partial charge >= 0.3 is 0 Å². The molecule has 0 spiro atoms. The van der Waals surface area contributed by atoms with Crippen molar-refractivity contribution >= 4 is 17.5 Å². The van der Waals surface area contributed by atoms with Gasteiger partial charge in [0.1, 0.15) is 0 Å². The van der Waals surface area contributed by atoms with E-state index in [0.717, 1.165) is 5.56 Å². The number of amides is 2. The summed E-state index contributed by atoms with van der Waals surface area (Å²) >= 11 is 0. The van der Waals surface area contributed by atoms with Crippen molar-refractivity contribution in [2.24, 2.45) is 0 Å². The molecule has 0 saturated carbocycles. The Kier molecular flexibility index (Phi) is 5.46. The molecular weight excluding hydrogens is 266 g/mol. The Labute approximate surface area is 123 Å². The largest absolute Gasteiger partial charge is 0.347 e. The molecule has 0 atom stereocenters. The van der Waals surface area contributed by atoms with Gasteiger partial charge in [0.15, 0.2) is 0 Å². The van der Waals surface area contributed by atoms with Crippen molar-refractivity contribution in [3.05, 3.63) is 60.4 Å². The number of nitrogens with zero attached hydrogens (tertiary/aromatic N) is 1. The van der Waals surface area contributed by atoms with Crippen LogP contribution in [0.3, 0.4) is 0 Å². The monoisotopic (exact) mass is 283 g/mol. The molecule has 1 aromatic carbocycles. The lowest BCUT2D eigenvalue weighted by molar-refractivity contribution is -0.124. The van der Waals surface area contributed by atoms with Gasteiger partial charge in [0.05, 0.1) is 18.4 Å². The third-order valence-corrected chi connectivity index (χ3v) is 2.87. The third-order valence-electron chi connectivity index (χ3n) is 2.87. The molecule has 0 aliphatic carbocycles. The van der Waals surface area contributed by atoms with Crippen LogP contribution >= 0.6 is 0 Å². The quantitative estimate of drug-likeness (QED) is 0.848. The number of aromatic nitrogens is 1. The highest BCUT2D eigenvalue weighted by Gasteiger charge is 2.06.